The van der Waals surface area contributed by atoms with Crippen LogP contribution in [0, 0.1) is 5.92 Å². The molecule has 29 heavy (non-hydrogen) atoms. The number of nitrogens with zero attached hydrogens (tertiary/aromatic N) is 2. The summed E-state index contributed by atoms with van der Waals surface area (Å²) in [6.45, 7) is 8.23. The Bertz CT molecular complexity index is 861. The molecule has 0 spiro atoms. The molecule has 158 valence electrons. The van der Waals surface area contributed by atoms with Gasteiger partial charge in [-0.05, 0) is 24.5 Å². The minimum atomic E-state index is -0.208. The highest BCUT2D eigenvalue weighted by Gasteiger charge is 2.22. The zero-order valence-electron chi connectivity index (χ0n) is 17.1. The van der Waals surface area contributed by atoms with E-state index < -0.39 is 0 Å². The molecule has 1 aromatic carbocycles. The predicted octanol–water partition coefficient (Wildman–Crippen LogP) is 1.30. The van der Waals surface area contributed by atoms with E-state index in [1.807, 2.05) is 6.07 Å². The van der Waals surface area contributed by atoms with Crippen LogP contribution < -0.4 is 10.9 Å². The van der Waals surface area contributed by atoms with Crippen LogP contribution in [-0.4, -0.2) is 66.3 Å². The number of amides is 1. The lowest BCUT2D eigenvalue weighted by Crippen LogP contribution is -2.49. The average molecular weight is 402 g/mol. The lowest BCUT2D eigenvalue weighted by molar-refractivity contribution is -0.126. The molecule has 2 N–H and O–H groups in total. The average Bonchev–Trinajstić information content (AvgIpc) is 2.71. The van der Waals surface area contributed by atoms with Crippen molar-refractivity contribution in [3.8, 4) is 0 Å². The van der Waals surface area contributed by atoms with E-state index in [0.29, 0.717) is 35.2 Å². The molecule has 2 aromatic rings. The molecule has 0 bridgehead atoms. The summed E-state index contributed by atoms with van der Waals surface area (Å²) in [6.07, 6.45) is 1.02. The Morgan fingerprint density at radius 2 is 2.07 bits per heavy atom. The number of morpholine rings is 1. The van der Waals surface area contributed by atoms with Gasteiger partial charge in [-0.3, -0.25) is 14.5 Å². The molecule has 1 saturated heterocycles. The standard InChI is InChI=1S/C21H30N4O4/c1-15(2)11-16(25-7-9-28-10-8-25)12-22-20(26)14-29-13-19-23-18-6-4-3-5-17(18)21(27)24-19/h3-6,15-16H,7-14H2,1-2H3,(H,22,26)(H,23,24,27)/t16-/m0/s1. The molecule has 1 amide bonds. The molecule has 1 aliphatic rings. The fourth-order valence-electron chi connectivity index (χ4n) is 3.57. The first-order valence-electron chi connectivity index (χ1n) is 10.2. The smallest absolute Gasteiger partial charge is 0.258 e. The van der Waals surface area contributed by atoms with Crippen molar-refractivity contribution in [3.63, 3.8) is 0 Å². The zero-order valence-corrected chi connectivity index (χ0v) is 17.1. The van der Waals surface area contributed by atoms with Gasteiger partial charge in [0.2, 0.25) is 5.91 Å². The number of rotatable bonds is 9. The summed E-state index contributed by atoms with van der Waals surface area (Å²) in [5.74, 6) is 0.787. The van der Waals surface area contributed by atoms with Crippen LogP contribution in [0.5, 0.6) is 0 Å². The number of hydrogen-bond donors (Lipinski definition) is 2. The Morgan fingerprint density at radius 3 is 2.83 bits per heavy atom. The summed E-state index contributed by atoms with van der Waals surface area (Å²) in [5, 5.41) is 3.51. The Kier molecular flexibility index (Phi) is 7.74. The summed E-state index contributed by atoms with van der Waals surface area (Å²) in [5.41, 5.74) is 0.405. The molecule has 0 radical (unpaired) electrons. The number of aromatic amines is 1. The maximum absolute atomic E-state index is 12.2. The number of para-hydroxylation sites is 1. The van der Waals surface area contributed by atoms with Crippen molar-refractivity contribution in [1.82, 2.24) is 20.2 Å². The second-order valence-corrected chi connectivity index (χ2v) is 7.76. The van der Waals surface area contributed by atoms with Crippen LogP contribution in [-0.2, 0) is 20.9 Å². The highest BCUT2D eigenvalue weighted by Crippen LogP contribution is 2.13. The monoisotopic (exact) mass is 402 g/mol. The Balaban J connectivity index is 1.47. The van der Waals surface area contributed by atoms with Crippen molar-refractivity contribution in [2.45, 2.75) is 32.9 Å². The summed E-state index contributed by atoms with van der Waals surface area (Å²) >= 11 is 0. The van der Waals surface area contributed by atoms with Crippen LogP contribution in [0.2, 0.25) is 0 Å². The topological polar surface area (TPSA) is 96.5 Å². The lowest BCUT2D eigenvalue weighted by Gasteiger charge is -2.35. The number of ether oxygens (including phenoxy) is 2. The molecule has 1 aliphatic heterocycles. The molecule has 1 aromatic heterocycles. The van der Waals surface area contributed by atoms with Gasteiger partial charge in [0.15, 0.2) is 0 Å². The van der Waals surface area contributed by atoms with Crippen molar-refractivity contribution >= 4 is 16.8 Å². The number of carbonyl (C=O) groups is 1. The van der Waals surface area contributed by atoms with E-state index >= 15 is 0 Å². The van der Waals surface area contributed by atoms with Crippen molar-refractivity contribution in [2.75, 3.05) is 39.5 Å². The molecule has 1 atom stereocenters. The summed E-state index contributed by atoms with van der Waals surface area (Å²) in [7, 11) is 0. The first-order valence-corrected chi connectivity index (χ1v) is 10.2. The van der Waals surface area contributed by atoms with E-state index in [2.05, 4.69) is 34.0 Å². The SMILES string of the molecule is CC(C)C[C@@H](CNC(=O)COCc1nc2ccccc2c(=O)[nH]1)N1CCOCC1. The number of nitrogens with one attached hydrogen (secondary N) is 2. The molecule has 8 heteroatoms. The second-order valence-electron chi connectivity index (χ2n) is 7.76. The third-order valence-electron chi connectivity index (χ3n) is 4.97. The van der Waals surface area contributed by atoms with E-state index in [1.54, 1.807) is 18.2 Å². The molecule has 3 rings (SSSR count). The van der Waals surface area contributed by atoms with Gasteiger partial charge in [-0.25, -0.2) is 4.98 Å². The van der Waals surface area contributed by atoms with Crippen LogP contribution in [0.4, 0.5) is 0 Å². The molecular formula is C21H30N4O4. The van der Waals surface area contributed by atoms with Crippen LogP contribution in [0.15, 0.2) is 29.1 Å². The number of H-pyrrole nitrogens is 1. The molecule has 0 aliphatic carbocycles. The van der Waals surface area contributed by atoms with Gasteiger partial charge in [0.25, 0.3) is 5.56 Å². The summed E-state index contributed by atoms with van der Waals surface area (Å²) in [6, 6.07) is 7.42. The Morgan fingerprint density at radius 1 is 1.31 bits per heavy atom. The number of hydrogen-bond acceptors (Lipinski definition) is 6. The predicted molar refractivity (Wildman–Crippen MR) is 111 cm³/mol. The van der Waals surface area contributed by atoms with Crippen molar-refractivity contribution in [3.05, 3.63) is 40.4 Å². The fourth-order valence-corrected chi connectivity index (χ4v) is 3.57. The van der Waals surface area contributed by atoms with Crippen LogP contribution in [0.25, 0.3) is 10.9 Å². The van der Waals surface area contributed by atoms with Gasteiger partial charge >= 0.3 is 0 Å². The quantitative estimate of drug-likeness (QED) is 0.656. The largest absolute Gasteiger partial charge is 0.379 e. The van der Waals surface area contributed by atoms with Gasteiger partial charge in [-0.1, -0.05) is 26.0 Å². The van der Waals surface area contributed by atoms with Gasteiger partial charge < -0.3 is 19.8 Å². The van der Waals surface area contributed by atoms with Crippen LogP contribution in [0.1, 0.15) is 26.1 Å². The molecule has 0 saturated carbocycles. The maximum atomic E-state index is 12.2. The first-order chi connectivity index (χ1) is 14.0. The highest BCUT2D eigenvalue weighted by molar-refractivity contribution is 5.77. The first kappa shape index (κ1) is 21.4. The number of carbonyl (C=O) groups excluding carboxylic acids is 1. The van der Waals surface area contributed by atoms with Crippen molar-refractivity contribution in [2.24, 2.45) is 5.92 Å². The third-order valence-corrected chi connectivity index (χ3v) is 4.97. The van der Waals surface area contributed by atoms with Crippen molar-refractivity contribution in [1.29, 1.82) is 0 Å². The number of fused-ring (bicyclic) bond motifs is 1. The van der Waals surface area contributed by atoms with Gasteiger partial charge in [0.05, 0.1) is 24.1 Å². The van der Waals surface area contributed by atoms with E-state index in [4.69, 9.17) is 9.47 Å². The van der Waals surface area contributed by atoms with Gasteiger partial charge in [0.1, 0.15) is 19.0 Å². The minimum Gasteiger partial charge on any atom is -0.379 e. The zero-order chi connectivity index (χ0) is 20.6. The Hall–Kier alpha value is -2.29. The molecule has 8 nitrogen and oxygen atoms in total. The van der Waals surface area contributed by atoms with E-state index in [0.717, 1.165) is 32.7 Å². The number of aromatic nitrogens is 2. The maximum Gasteiger partial charge on any atom is 0.258 e. The van der Waals surface area contributed by atoms with Crippen LogP contribution >= 0.6 is 0 Å². The number of benzene rings is 1. The van der Waals surface area contributed by atoms with E-state index in [1.165, 1.54) is 0 Å². The van der Waals surface area contributed by atoms with Gasteiger partial charge in [-0.2, -0.15) is 0 Å². The molecule has 2 heterocycles. The molecule has 0 unspecified atom stereocenters. The summed E-state index contributed by atoms with van der Waals surface area (Å²) < 4.78 is 10.9. The van der Waals surface area contributed by atoms with E-state index in [-0.39, 0.29) is 24.7 Å². The van der Waals surface area contributed by atoms with Crippen molar-refractivity contribution < 1.29 is 14.3 Å². The third kappa shape index (κ3) is 6.35. The van der Waals surface area contributed by atoms with Gasteiger partial charge in [-0.15, -0.1) is 0 Å². The minimum absolute atomic E-state index is 0.0754. The van der Waals surface area contributed by atoms with Gasteiger partial charge in [0, 0.05) is 25.7 Å². The molecular weight excluding hydrogens is 372 g/mol. The summed E-state index contributed by atoms with van der Waals surface area (Å²) in [4.78, 5) is 33.7. The fraction of sp³-hybridized carbons (Fsp3) is 0.571. The van der Waals surface area contributed by atoms with Crippen LogP contribution in [0.3, 0.4) is 0 Å². The van der Waals surface area contributed by atoms with E-state index in [9.17, 15) is 9.59 Å². The highest BCUT2D eigenvalue weighted by atomic mass is 16.5. The lowest BCUT2D eigenvalue weighted by atomic mass is 10.0. The molecule has 1 fully saturated rings. The second kappa shape index (κ2) is 10.5. The Labute approximate surface area is 170 Å². The normalized spacial score (nSPS) is 16.2.